The number of halogens is 1. The summed E-state index contributed by atoms with van der Waals surface area (Å²) in [5.41, 5.74) is 5.01. The van der Waals surface area contributed by atoms with E-state index in [1.54, 1.807) is 0 Å². The van der Waals surface area contributed by atoms with Gasteiger partial charge in [0.1, 0.15) is 0 Å². The second-order valence-corrected chi connectivity index (χ2v) is 6.60. The number of hydrogen-bond acceptors (Lipinski definition) is 1. The normalized spacial score (nSPS) is 12.5. The third kappa shape index (κ3) is 4.50. The van der Waals surface area contributed by atoms with Crippen molar-refractivity contribution in [2.75, 3.05) is 5.32 Å². The van der Waals surface area contributed by atoms with Crippen LogP contribution in [0.15, 0.2) is 42.5 Å². The van der Waals surface area contributed by atoms with Crippen molar-refractivity contribution in [1.82, 2.24) is 0 Å². The minimum Gasteiger partial charge on any atom is -0.378 e. The maximum atomic E-state index is 6.08. The Morgan fingerprint density at radius 2 is 1.67 bits per heavy atom. The number of benzene rings is 2. The summed E-state index contributed by atoms with van der Waals surface area (Å²) in [7, 11) is 0. The van der Waals surface area contributed by atoms with Crippen molar-refractivity contribution in [1.29, 1.82) is 0 Å². The molecule has 0 radical (unpaired) electrons. The molecule has 112 valence electrons. The lowest BCUT2D eigenvalue weighted by atomic mass is 9.99. The highest BCUT2D eigenvalue weighted by Crippen LogP contribution is 2.25. The number of aryl methyl sites for hydroxylation is 1. The molecule has 0 aliphatic rings. The monoisotopic (exact) mass is 301 g/mol. The quantitative estimate of drug-likeness (QED) is 0.712. The average molecular weight is 302 g/mol. The van der Waals surface area contributed by atoms with Crippen LogP contribution in [0.4, 0.5) is 5.69 Å². The highest BCUT2D eigenvalue weighted by Gasteiger charge is 2.08. The Hall–Kier alpha value is -1.47. The van der Waals surface area contributed by atoms with Crippen LogP contribution in [0, 0.1) is 12.8 Å². The number of rotatable bonds is 5. The smallest absolute Gasteiger partial charge is 0.0485 e. The van der Waals surface area contributed by atoms with Crippen molar-refractivity contribution >= 4 is 17.3 Å². The van der Waals surface area contributed by atoms with Crippen molar-refractivity contribution in [3.05, 3.63) is 64.2 Å². The van der Waals surface area contributed by atoms with Crippen LogP contribution in [0.5, 0.6) is 0 Å². The maximum Gasteiger partial charge on any atom is 0.0485 e. The molecule has 0 aliphatic carbocycles. The van der Waals surface area contributed by atoms with Gasteiger partial charge >= 0.3 is 0 Å². The highest BCUT2D eigenvalue weighted by molar-refractivity contribution is 6.30. The van der Waals surface area contributed by atoms with Gasteiger partial charge in [-0.2, -0.15) is 0 Å². The van der Waals surface area contributed by atoms with Crippen LogP contribution in [0.25, 0.3) is 0 Å². The molecule has 2 heteroatoms. The molecule has 0 aromatic heterocycles. The lowest BCUT2D eigenvalue weighted by molar-refractivity contribution is 0.647. The molecule has 2 aromatic carbocycles. The molecule has 0 spiro atoms. The van der Waals surface area contributed by atoms with Gasteiger partial charge in [-0.3, -0.25) is 0 Å². The lowest BCUT2D eigenvalue weighted by Gasteiger charge is -2.18. The van der Waals surface area contributed by atoms with E-state index in [0.717, 1.165) is 17.1 Å². The van der Waals surface area contributed by atoms with Crippen molar-refractivity contribution < 1.29 is 0 Å². The van der Waals surface area contributed by atoms with Gasteiger partial charge in [-0.1, -0.05) is 55.8 Å². The minimum absolute atomic E-state index is 0.260. The third-order valence-corrected chi connectivity index (χ3v) is 3.93. The molecular formula is C19H24ClN. The van der Waals surface area contributed by atoms with Gasteiger partial charge in [-0.15, -0.1) is 0 Å². The number of nitrogens with one attached hydrogen (secondary N) is 1. The Bertz CT molecular complexity index is 587. The molecular weight excluding hydrogens is 278 g/mol. The number of hydrogen-bond donors (Lipinski definition) is 1. The zero-order valence-corrected chi connectivity index (χ0v) is 14.0. The summed E-state index contributed by atoms with van der Waals surface area (Å²) in [4.78, 5) is 0. The molecule has 1 N–H and O–H groups in total. The molecule has 0 heterocycles. The fourth-order valence-corrected chi connectivity index (χ4v) is 2.65. The molecule has 0 fully saturated rings. The molecule has 1 atom stereocenters. The maximum absolute atomic E-state index is 6.08. The fraction of sp³-hybridized carbons (Fsp3) is 0.368. The van der Waals surface area contributed by atoms with Crippen molar-refractivity contribution in [3.63, 3.8) is 0 Å². The highest BCUT2D eigenvalue weighted by atomic mass is 35.5. The van der Waals surface area contributed by atoms with Crippen LogP contribution in [0.1, 0.15) is 43.5 Å². The van der Waals surface area contributed by atoms with E-state index in [4.69, 9.17) is 11.6 Å². The van der Waals surface area contributed by atoms with Crippen molar-refractivity contribution in [3.8, 4) is 0 Å². The van der Waals surface area contributed by atoms with Gasteiger partial charge in [0.25, 0.3) is 0 Å². The van der Waals surface area contributed by atoms with Crippen LogP contribution < -0.4 is 5.32 Å². The molecule has 0 saturated carbocycles. The van der Waals surface area contributed by atoms with Gasteiger partial charge < -0.3 is 5.32 Å². The summed E-state index contributed by atoms with van der Waals surface area (Å²) < 4.78 is 0. The Morgan fingerprint density at radius 1 is 1.00 bits per heavy atom. The lowest BCUT2D eigenvalue weighted by Crippen LogP contribution is -2.08. The fourth-order valence-electron chi connectivity index (χ4n) is 2.48. The predicted octanol–water partition coefficient (Wildman–Crippen LogP) is 6.02. The van der Waals surface area contributed by atoms with Crippen LogP contribution in [-0.4, -0.2) is 0 Å². The summed E-state index contributed by atoms with van der Waals surface area (Å²) in [6.07, 6.45) is 1.13. The van der Waals surface area contributed by atoms with Crippen LogP contribution >= 0.6 is 11.6 Å². The molecule has 0 aliphatic heterocycles. The molecule has 2 aromatic rings. The van der Waals surface area contributed by atoms with Crippen LogP contribution in [0.3, 0.4) is 0 Å². The van der Waals surface area contributed by atoms with E-state index in [1.807, 2.05) is 18.2 Å². The Labute approximate surface area is 133 Å². The van der Waals surface area contributed by atoms with Crippen LogP contribution in [0.2, 0.25) is 5.02 Å². The zero-order chi connectivity index (χ0) is 15.4. The first-order valence-corrected chi connectivity index (χ1v) is 7.95. The van der Waals surface area contributed by atoms with Crippen molar-refractivity contribution in [2.45, 2.75) is 40.2 Å². The van der Waals surface area contributed by atoms with Gasteiger partial charge in [0, 0.05) is 16.8 Å². The van der Waals surface area contributed by atoms with Gasteiger partial charge in [0.15, 0.2) is 0 Å². The van der Waals surface area contributed by atoms with Gasteiger partial charge in [-0.05, 0) is 55.0 Å². The van der Waals surface area contributed by atoms with E-state index in [9.17, 15) is 0 Å². The molecule has 21 heavy (non-hydrogen) atoms. The predicted molar refractivity (Wildman–Crippen MR) is 93.2 cm³/mol. The Morgan fingerprint density at radius 3 is 2.29 bits per heavy atom. The van der Waals surface area contributed by atoms with Crippen molar-refractivity contribution in [2.24, 2.45) is 5.92 Å². The van der Waals surface area contributed by atoms with Gasteiger partial charge in [0.2, 0.25) is 0 Å². The van der Waals surface area contributed by atoms with E-state index in [2.05, 4.69) is 57.3 Å². The van der Waals surface area contributed by atoms with E-state index in [-0.39, 0.29) is 6.04 Å². The molecule has 1 nitrogen and oxygen atoms in total. The zero-order valence-electron chi connectivity index (χ0n) is 13.3. The SMILES string of the molecule is Cc1ccc(Cl)cc1NC(C)c1ccc(CC(C)C)cc1. The summed E-state index contributed by atoms with van der Waals surface area (Å²) in [5.74, 6) is 0.695. The number of anilines is 1. The first-order valence-electron chi connectivity index (χ1n) is 7.57. The van der Waals surface area contributed by atoms with Gasteiger partial charge in [0.05, 0.1) is 0 Å². The van der Waals surface area contributed by atoms with E-state index >= 15 is 0 Å². The molecule has 0 saturated heterocycles. The first-order chi connectivity index (χ1) is 9.95. The molecule has 0 bridgehead atoms. The summed E-state index contributed by atoms with van der Waals surface area (Å²) in [6.45, 7) is 8.77. The minimum atomic E-state index is 0.260. The topological polar surface area (TPSA) is 12.0 Å². The van der Waals surface area contributed by atoms with Crippen LogP contribution in [-0.2, 0) is 6.42 Å². The second-order valence-electron chi connectivity index (χ2n) is 6.16. The van der Waals surface area contributed by atoms with E-state index in [1.165, 1.54) is 16.7 Å². The Balaban J connectivity index is 2.09. The molecule has 2 rings (SSSR count). The standard InChI is InChI=1S/C19H24ClN/c1-13(2)11-16-6-8-17(9-7-16)15(4)21-19-12-18(20)10-5-14(19)3/h5-10,12-13,15,21H,11H2,1-4H3. The summed E-state index contributed by atoms with van der Waals surface area (Å²) in [6, 6.07) is 15.1. The third-order valence-electron chi connectivity index (χ3n) is 3.70. The summed E-state index contributed by atoms with van der Waals surface area (Å²) in [5, 5.41) is 4.31. The second kappa shape index (κ2) is 7.00. The molecule has 1 unspecified atom stereocenters. The summed E-state index contributed by atoms with van der Waals surface area (Å²) >= 11 is 6.08. The van der Waals surface area contributed by atoms with E-state index in [0.29, 0.717) is 5.92 Å². The molecule has 0 amide bonds. The largest absolute Gasteiger partial charge is 0.378 e. The van der Waals surface area contributed by atoms with E-state index < -0.39 is 0 Å². The Kier molecular flexibility index (Phi) is 5.30. The average Bonchev–Trinajstić information content (AvgIpc) is 2.43. The first kappa shape index (κ1) is 15.9. The van der Waals surface area contributed by atoms with Gasteiger partial charge in [-0.25, -0.2) is 0 Å².